The topological polar surface area (TPSA) is 54.5 Å². The zero-order chi connectivity index (χ0) is 13.5. The molecule has 1 aromatic rings. The minimum Gasteiger partial charge on any atom is -0.341 e. The van der Waals surface area contributed by atoms with E-state index in [9.17, 15) is 13.2 Å². The summed E-state index contributed by atoms with van der Waals surface area (Å²) in [7, 11) is 3.29. The van der Waals surface area contributed by atoms with Gasteiger partial charge in [0.05, 0.1) is 5.56 Å². The number of hydrogen-bond acceptors (Lipinski definition) is 4. The largest absolute Gasteiger partial charge is 0.341 e. The number of carbonyl (C=O) groups is 1. The number of hydrogen-bond donors (Lipinski definition) is 0. The Morgan fingerprint density at radius 2 is 2.17 bits per heavy atom. The molecule has 4 nitrogen and oxygen atoms in total. The van der Waals surface area contributed by atoms with E-state index < -0.39 is 9.05 Å². The van der Waals surface area contributed by atoms with Gasteiger partial charge >= 0.3 is 0 Å². The summed E-state index contributed by atoms with van der Waals surface area (Å²) in [6, 6.07) is 0. The summed E-state index contributed by atoms with van der Waals surface area (Å²) in [5.74, 6) is 0.469. The van der Waals surface area contributed by atoms with Crippen molar-refractivity contribution in [3.8, 4) is 0 Å². The minimum atomic E-state index is -3.76. The molecule has 0 aromatic carbocycles. The van der Waals surface area contributed by atoms with Crippen LogP contribution in [0.1, 0.15) is 28.8 Å². The molecular weight excluding hydrogens is 294 g/mol. The zero-order valence-electron chi connectivity index (χ0n) is 10.1. The maximum Gasteiger partial charge on any atom is 0.271 e. The van der Waals surface area contributed by atoms with E-state index >= 15 is 0 Å². The number of amides is 1. The van der Waals surface area contributed by atoms with Crippen LogP contribution in [-0.4, -0.2) is 32.8 Å². The van der Waals surface area contributed by atoms with Crippen LogP contribution in [0.25, 0.3) is 0 Å². The van der Waals surface area contributed by atoms with E-state index in [1.165, 1.54) is 12.8 Å². The van der Waals surface area contributed by atoms with Crippen molar-refractivity contribution in [2.24, 2.45) is 5.92 Å². The highest BCUT2D eigenvalue weighted by molar-refractivity contribution is 8.15. The summed E-state index contributed by atoms with van der Waals surface area (Å²) in [6.45, 7) is 2.35. The Balaban J connectivity index is 2.23. The Kier molecular flexibility index (Phi) is 3.71. The van der Waals surface area contributed by atoms with Gasteiger partial charge in [0.15, 0.2) is 0 Å². The van der Waals surface area contributed by atoms with Gasteiger partial charge in [0.1, 0.15) is 4.21 Å². The third kappa shape index (κ3) is 2.87. The van der Waals surface area contributed by atoms with Gasteiger partial charge in [0, 0.05) is 29.7 Å². The molecule has 1 heterocycles. The Bertz CT molecular complexity index is 575. The lowest BCUT2D eigenvalue weighted by Crippen LogP contribution is -2.28. The summed E-state index contributed by atoms with van der Waals surface area (Å²) in [5.41, 5.74) is 0.880. The molecule has 7 heteroatoms. The Labute approximate surface area is 115 Å². The fourth-order valence-corrected chi connectivity index (χ4v) is 4.37. The molecule has 1 aromatic heterocycles. The lowest BCUT2D eigenvalue weighted by atomic mass is 10.2. The van der Waals surface area contributed by atoms with Crippen molar-refractivity contribution >= 4 is 37.0 Å². The van der Waals surface area contributed by atoms with Crippen LogP contribution in [0.3, 0.4) is 0 Å². The molecule has 1 fully saturated rings. The standard InChI is InChI=1S/C11H14ClNO3S2/c1-7-9(6-17-11(7)18(12,15)16)10(14)13(2)5-8-3-4-8/h6,8H,3-5H2,1-2H3. The fourth-order valence-electron chi connectivity index (χ4n) is 1.83. The van der Waals surface area contributed by atoms with Crippen molar-refractivity contribution in [2.45, 2.75) is 24.0 Å². The fraction of sp³-hybridized carbons (Fsp3) is 0.545. The molecule has 0 unspecified atom stereocenters. The molecule has 0 spiro atoms. The van der Waals surface area contributed by atoms with Gasteiger partial charge in [-0.05, 0) is 31.2 Å². The summed E-state index contributed by atoms with van der Waals surface area (Å²) in [4.78, 5) is 13.8. The van der Waals surface area contributed by atoms with E-state index in [0.29, 0.717) is 17.0 Å². The molecular formula is C11H14ClNO3S2. The maximum atomic E-state index is 12.2. The first kappa shape index (κ1) is 13.8. The van der Waals surface area contributed by atoms with Crippen LogP contribution < -0.4 is 0 Å². The highest BCUT2D eigenvalue weighted by Gasteiger charge is 2.28. The van der Waals surface area contributed by atoms with Crippen molar-refractivity contribution in [1.29, 1.82) is 0 Å². The van der Waals surface area contributed by atoms with Crippen LogP contribution in [0, 0.1) is 12.8 Å². The van der Waals surface area contributed by atoms with E-state index in [1.54, 1.807) is 24.3 Å². The quantitative estimate of drug-likeness (QED) is 0.803. The number of halogens is 1. The average molecular weight is 308 g/mol. The lowest BCUT2D eigenvalue weighted by Gasteiger charge is -2.16. The van der Waals surface area contributed by atoms with Gasteiger partial charge in [0.2, 0.25) is 0 Å². The highest BCUT2D eigenvalue weighted by Crippen LogP contribution is 2.32. The second kappa shape index (κ2) is 4.83. The minimum absolute atomic E-state index is 0.0624. The van der Waals surface area contributed by atoms with E-state index in [4.69, 9.17) is 10.7 Å². The summed E-state index contributed by atoms with van der Waals surface area (Å²) in [6.07, 6.45) is 2.34. The Morgan fingerprint density at radius 3 is 2.61 bits per heavy atom. The molecule has 1 aliphatic rings. The molecule has 1 saturated carbocycles. The number of rotatable bonds is 4. The highest BCUT2D eigenvalue weighted by atomic mass is 35.7. The molecule has 1 amide bonds. The van der Waals surface area contributed by atoms with Crippen molar-refractivity contribution < 1.29 is 13.2 Å². The van der Waals surface area contributed by atoms with Crippen LogP contribution in [0.4, 0.5) is 0 Å². The van der Waals surface area contributed by atoms with Gasteiger partial charge in [-0.15, -0.1) is 11.3 Å². The molecule has 100 valence electrons. The summed E-state index contributed by atoms with van der Waals surface area (Å²) < 4.78 is 22.7. The predicted octanol–water partition coefficient (Wildman–Crippen LogP) is 2.47. The normalized spacial score (nSPS) is 15.7. The van der Waals surface area contributed by atoms with Crippen molar-refractivity contribution in [1.82, 2.24) is 4.90 Å². The van der Waals surface area contributed by atoms with Crippen LogP contribution in [-0.2, 0) is 9.05 Å². The van der Waals surface area contributed by atoms with E-state index in [1.807, 2.05) is 0 Å². The molecule has 0 atom stereocenters. The third-order valence-electron chi connectivity index (χ3n) is 3.02. The SMILES string of the molecule is Cc1c(C(=O)N(C)CC2CC2)csc1S(=O)(=O)Cl. The van der Waals surface area contributed by atoms with E-state index in [2.05, 4.69) is 0 Å². The first-order valence-electron chi connectivity index (χ1n) is 5.59. The predicted molar refractivity (Wildman–Crippen MR) is 71.8 cm³/mol. The second-order valence-electron chi connectivity index (χ2n) is 4.63. The molecule has 0 aliphatic heterocycles. The number of nitrogens with zero attached hydrogens (tertiary/aromatic N) is 1. The van der Waals surface area contributed by atoms with Crippen molar-refractivity contribution in [3.63, 3.8) is 0 Å². The first-order valence-corrected chi connectivity index (χ1v) is 8.78. The molecule has 0 N–H and O–H groups in total. The maximum absolute atomic E-state index is 12.2. The van der Waals surface area contributed by atoms with Gasteiger partial charge in [0.25, 0.3) is 15.0 Å². The van der Waals surface area contributed by atoms with Gasteiger partial charge in [-0.3, -0.25) is 4.79 Å². The third-order valence-corrected chi connectivity index (χ3v) is 6.33. The van der Waals surface area contributed by atoms with Crippen LogP contribution in [0.5, 0.6) is 0 Å². The monoisotopic (exact) mass is 307 g/mol. The van der Waals surface area contributed by atoms with Crippen LogP contribution in [0.15, 0.2) is 9.59 Å². The lowest BCUT2D eigenvalue weighted by molar-refractivity contribution is 0.0788. The first-order chi connectivity index (χ1) is 8.30. The summed E-state index contributed by atoms with van der Waals surface area (Å²) >= 11 is 0.996. The molecule has 0 bridgehead atoms. The van der Waals surface area contributed by atoms with Crippen molar-refractivity contribution in [2.75, 3.05) is 13.6 Å². The molecule has 1 aliphatic carbocycles. The molecule has 0 saturated heterocycles. The Morgan fingerprint density at radius 1 is 1.56 bits per heavy atom. The summed E-state index contributed by atoms with van der Waals surface area (Å²) in [5, 5.41) is 1.57. The van der Waals surface area contributed by atoms with Gasteiger partial charge in [-0.25, -0.2) is 8.42 Å². The average Bonchev–Trinajstić information content (AvgIpc) is 2.96. The molecule has 2 rings (SSSR count). The van der Waals surface area contributed by atoms with E-state index in [-0.39, 0.29) is 10.1 Å². The van der Waals surface area contributed by atoms with Crippen molar-refractivity contribution in [3.05, 3.63) is 16.5 Å². The zero-order valence-corrected chi connectivity index (χ0v) is 12.5. The molecule has 18 heavy (non-hydrogen) atoms. The van der Waals surface area contributed by atoms with Gasteiger partial charge in [-0.2, -0.15) is 0 Å². The van der Waals surface area contributed by atoms with E-state index in [0.717, 1.165) is 17.9 Å². The van der Waals surface area contributed by atoms with Gasteiger partial charge < -0.3 is 4.90 Å². The molecule has 0 radical (unpaired) electrons. The van der Waals surface area contributed by atoms with Crippen LogP contribution in [0.2, 0.25) is 0 Å². The Hall–Kier alpha value is -0.590. The number of thiophene rings is 1. The van der Waals surface area contributed by atoms with Gasteiger partial charge in [-0.1, -0.05) is 0 Å². The number of carbonyl (C=O) groups excluding carboxylic acids is 1. The van der Waals surface area contributed by atoms with Crippen LogP contribution >= 0.6 is 22.0 Å². The second-order valence-corrected chi connectivity index (χ2v) is 8.27. The smallest absolute Gasteiger partial charge is 0.271 e.